The average Bonchev–Trinajstić information content (AvgIpc) is 2.04. The minimum atomic E-state index is -1.99. The zero-order valence-corrected chi connectivity index (χ0v) is 7.58. The van der Waals surface area contributed by atoms with Gasteiger partial charge in [-0.1, -0.05) is 0 Å². The molecule has 5 nitrogen and oxygen atoms in total. The maximum Gasteiger partial charge on any atom is 0.224 e. The molecule has 0 aliphatic rings. The van der Waals surface area contributed by atoms with Crippen molar-refractivity contribution in [3.05, 3.63) is 12.4 Å². The lowest BCUT2D eigenvalue weighted by molar-refractivity contribution is 0.563. The summed E-state index contributed by atoms with van der Waals surface area (Å²) < 4.78 is 19.1. The highest BCUT2D eigenvalue weighted by Gasteiger charge is 2.02. The molecule has 0 fully saturated rings. The lowest BCUT2D eigenvalue weighted by Crippen LogP contribution is -2.12. The van der Waals surface area contributed by atoms with Gasteiger partial charge < -0.3 is 9.45 Å². The van der Waals surface area contributed by atoms with Gasteiger partial charge in [-0.3, -0.25) is 0 Å². The Hall–Kier alpha value is -1.01. The Balaban J connectivity index is 2.93. The molecule has 0 amide bonds. The molecule has 6 heteroatoms. The second-order valence-electron chi connectivity index (χ2n) is 2.36. The van der Waals surface area contributed by atoms with Gasteiger partial charge in [0.1, 0.15) is 4.90 Å². The number of anilines is 1. The zero-order chi connectivity index (χ0) is 9.14. The average molecular weight is 187 g/mol. The third kappa shape index (κ3) is 1.99. The largest absolute Gasteiger partial charge is 0.347 e. The molecule has 0 saturated carbocycles. The standard InChI is InChI=1S/C6H9N3O2S/c1-9(2)6-7-3-5(4-8-6)12(10)11/h3-4H,1-2H3,(H,10,11). The third-order valence-electron chi connectivity index (χ3n) is 1.22. The first-order chi connectivity index (χ1) is 5.61. The second-order valence-corrected chi connectivity index (χ2v) is 3.33. The van der Waals surface area contributed by atoms with Gasteiger partial charge in [0.2, 0.25) is 5.95 Å². The summed E-state index contributed by atoms with van der Waals surface area (Å²) in [5.41, 5.74) is 0. The summed E-state index contributed by atoms with van der Waals surface area (Å²) in [6, 6.07) is 0. The van der Waals surface area contributed by atoms with Crippen LogP contribution in [0.15, 0.2) is 17.3 Å². The van der Waals surface area contributed by atoms with Crippen LogP contribution in [0.5, 0.6) is 0 Å². The van der Waals surface area contributed by atoms with E-state index >= 15 is 0 Å². The quantitative estimate of drug-likeness (QED) is 0.666. The van der Waals surface area contributed by atoms with Gasteiger partial charge in [0, 0.05) is 14.1 Å². The zero-order valence-electron chi connectivity index (χ0n) is 6.76. The van der Waals surface area contributed by atoms with E-state index in [0.717, 1.165) is 0 Å². The normalized spacial score (nSPS) is 12.6. The lowest BCUT2D eigenvalue weighted by atomic mass is 10.6. The molecule has 0 radical (unpaired) electrons. The van der Waals surface area contributed by atoms with E-state index in [1.807, 2.05) is 0 Å². The van der Waals surface area contributed by atoms with Crippen LogP contribution >= 0.6 is 0 Å². The summed E-state index contributed by atoms with van der Waals surface area (Å²) in [6.45, 7) is 0. The number of rotatable bonds is 2. The Kier molecular flexibility index (Phi) is 2.72. The predicted molar refractivity (Wildman–Crippen MR) is 45.4 cm³/mol. The highest BCUT2D eigenvalue weighted by Crippen LogP contribution is 2.04. The first kappa shape index (κ1) is 9.08. The van der Waals surface area contributed by atoms with E-state index < -0.39 is 11.1 Å². The Bertz CT molecular complexity index is 285. The number of hydrogen-bond donors (Lipinski definition) is 1. The maximum absolute atomic E-state index is 10.5. The molecule has 1 aromatic heterocycles. The van der Waals surface area contributed by atoms with E-state index in [2.05, 4.69) is 9.97 Å². The highest BCUT2D eigenvalue weighted by atomic mass is 32.2. The molecule has 0 aliphatic carbocycles. The van der Waals surface area contributed by atoms with Crippen molar-refractivity contribution in [3.8, 4) is 0 Å². The van der Waals surface area contributed by atoms with Gasteiger partial charge in [0.15, 0.2) is 11.1 Å². The van der Waals surface area contributed by atoms with Crippen molar-refractivity contribution in [3.63, 3.8) is 0 Å². The van der Waals surface area contributed by atoms with Crippen LogP contribution in [0.1, 0.15) is 0 Å². The molecule has 1 unspecified atom stereocenters. The molecular weight excluding hydrogens is 178 g/mol. The molecule has 0 saturated heterocycles. The molecule has 1 atom stereocenters. The molecule has 1 rings (SSSR count). The summed E-state index contributed by atoms with van der Waals surface area (Å²) in [5, 5.41) is 0. The molecule has 66 valence electrons. The predicted octanol–water partition coefficient (Wildman–Crippen LogP) is 0.123. The first-order valence-corrected chi connectivity index (χ1v) is 4.32. The van der Waals surface area contributed by atoms with Gasteiger partial charge in [-0.05, 0) is 0 Å². The molecule has 1 N–H and O–H groups in total. The Labute approximate surface area is 72.7 Å². The van der Waals surface area contributed by atoms with Gasteiger partial charge >= 0.3 is 0 Å². The SMILES string of the molecule is CN(C)c1ncc(S(=O)O)cn1. The molecule has 0 aromatic carbocycles. The molecular formula is C6H9N3O2S. The molecule has 0 spiro atoms. The van der Waals surface area contributed by atoms with Crippen molar-refractivity contribution >= 4 is 17.0 Å². The topological polar surface area (TPSA) is 66.3 Å². The minimum Gasteiger partial charge on any atom is -0.347 e. The molecule has 0 aliphatic heterocycles. The fraction of sp³-hybridized carbons (Fsp3) is 0.333. The fourth-order valence-corrected chi connectivity index (χ4v) is 0.916. The van der Waals surface area contributed by atoms with E-state index in [9.17, 15) is 4.21 Å². The van der Waals surface area contributed by atoms with Gasteiger partial charge in [0.25, 0.3) is 0 Å². The smallest absolute Gasteiger partial charge is 0.224 e. The monoisotopic (exact) mass is 187 g/mol. The van der Waals surface area contributed by atoms with Crippen LogP contribution in [0.25, 0.3) is 0 Å². The van der Waals surface area contributed by atoms with Crippen molar-refractivity contribution in [2.45, 2.75) is 4.90 Å². The third-order valence-corrected chi connectivity index (χ3v) is 1.83. The summed E-state index contributed by atoms with van der Waals surface area (Å²) in [5.74, 6) is 0.518. The second kappa shape index (κ2) is 3.59. The highest BCUT2D eigenvalue weighted by molar-refractivity contribution is 7.79. The summed E-state index contributed by atoms with van der Waals surface area (Å²) in [6.07, 6.45) is 2.66. The summed E-state index contributed by atoms with van der Waals surface area (Å²) >= 11 is -1.99. The number of nitrogens with zero attached hydrogens (tertiary/aromatic N) is 3. The Morgan fingerprint density at radius 1 is 1.42 bits per heavy atom. The van der Waals surface area contributed by atoms with E-state index in [0.29, 0.717) is 5.95 Å². The first-order valence-electron chi connectivity index (χ1n) is 3.21. The van der Waals surface area contributed by atoms with E-state index in [-0.39, 0.29) is 4.90 Å². The number of aromatic nitrogens is 2. The van der Waals surface area contributed by atoms with Crippen molar-refractivity contribution < 1.29 is 8.76 Å². The van der Waals surface area contributed by atoms with E-state index in [1.54, 1.807) is 19.0 Å². The molecule has 0 bridgehead atoms. The van der Waals surface area contributed by atoms with Crippen LogP contribution in [0.3, 0.4) is 0 Å². The van der Waals surface area contributed by atoms with Crippen molar-refractivity contribution in [1.82, 2.24) is 9.97 Å². The Morgan fingerprint density at radius 2 is 1.92 bits per heavy atom. The van der Waals surface area contributed by atoms with Crippen molar-refractivity contribution in [2.24, 2.45) is 0 Å². The van der Waals surface area contributed by atoms with Gasteiger partial charge in [-0.25, -0.2) is 14.2 Å². The molecule has 1 aromatic rings. The van der Waals surface area contributed by atoms with E-state index in [1.165, 1.54) is 12.4 Å². The minimum absolute atomic E-state index is 0.209. The lowest BCUT2D eigenvalue weighted by Gasteiger charge is -2.08. The van der Waals surface area contributed by atoms with Crippen LogP contribution in [0, 0.1) is 0 Å². The molecule has 1 heterocycles. The summed E-state index contributed by atoms with van der Waals surface area (Å²) in [4.78, 5) is 9.64. The fourth-order valence-electron chi connectivity index (χ4n) is 0.630. The van der Waals surface area contributed by atoms with Crippen molar-refractivity contribution in [2.75, 3.05) is 19.0 Å². The van der Waals surface area contributed by atoms with Gasteiger partial charge in [-0.2, -0.15) is 0 Å². The summed E-state index contributed by atoms with van der Waals surface area (Å²) in [7, 11) is 3.59. The van der Waals surface area contributed by atoms with Crippen LogP contribution < -0.4 is 4.90 Å². The van der Waals surface area contributed by atoms with Crippen LogP contribution in [0.2, 0.25) is 0 Å². The van der Waals surface area contributed by atoms with Crippen molar-refractivity contribution in [1.29, 1.82) is 0 Å². The molecule has 12 heavy (non-hydrogen) atoms. The van der Waals surface area contributed by atoms with Crippen LogP contribution in [0.4, 0.5) is 5.95 Å². The maximum atomic E-state index is 10.5. The van der Waals surface area contributed by atoms with Gasteiger partial charge in [-0.15, -0.1) is 0 Å². The van der Waals surface area contributed by atoms with Gasteiger partial charge in [0.05, 0.1) is 12.4 Å². The number of hydrogen-bond acceptors (Lipinski definition) is 4. The van der Waals surface area contributed by atoms with Crippen LogP contribution in [-0.4, -0.2) is 32.8 Å². The van der Waals surface area contributed by atoms with E-state index in [4.69, 9.17) is 4.55 Å². The Morgan fingerprint density at radius 3 is 2.25 bits per heavy atom. The van der Waals surface area contributed by atoms with Crippen LogP contribution in [-0.2, 0) is 11.1 Å².